The summed E-state index contributed by atoms with van der Waals surface area (Å²) in [5, 5.41) is 16.5. The number of aliphatic hydroxyl groups is 1. The number of benzene rings is 1. The summed E-state index contributed by atoms with van der Waals surface area (Å²) in [6.07, 6.45) is -0.581. The summed E-state index contributed by atoms with van der Waals surface area (Å²) in [5.74, 6) is -1.19. The highest BCUT2D eigenvalue weighted by Crippen LogP contribution is 2.35. The van der Waals surface area contributed by atoms with E-state index in [9.17, 15) is 14.5 Å². The minimum atomic E-state index is -1.83. The van der Waals surface area contributed by atoms with Crippen LogP contribution in [0.4, 0.5) is 0 Å². The molecule has 0 aliphatic carbocycles. The van der Waals surface area contributed by atoms with Crippen LogP contribution in [0.3, 0.4) is 0 Å². The minimum Gasteiger partial charge on any atom is -0.481 e. The molecule has 1 aromatic rings. The van der Waals surface area contributed by atoms with Gasteiger partial charge in [0.15, 0.2) is 13.8 Å². The molecule has 0 radical (unpaired) electrons. The van der Waals surface area contributed by atoms with Crippen LogP contribution in [0.25, 0.3) is 0 Å². The monoisotopic (exact) mass is 212 g/mol. The molecule has 0 fully saturated rings. The lowest BCUT2D eigenvalue weighted by molar-refractivity contribution is -0.140. The molecular weight excluding hydrogens is 203 g/mol. The Balaban J connectivity index is 3.01. The van der Waals surface area contributed by atoms with E-state index in [0.29, 0.717) is 5.56 Å². The Morgan fingerprint density at radius 2 is 1.93 bits per heavy atom. The summed E-state index contributed by atoms with van der Waals surface area (Å²) < 4.78 is 10.7. The smallest absolute Gasteiger partial charge is 0.307 e. The van der Waals surface area contributed by atoms with Gasteiger partial charge in [0.2, 0.25) is 0 Å². The van der Waals surface area contributed by atoms with Gasteiger partial charge in [-0.05, 0) is 5.56 Å². The predicted octanol–water partition coefficient (Wildman–Crippen LogP) is 1.60. The Bertz CT molecular complexity index is 338. The zero-order chi connectivity index (χ0) is 10.6. The Kier molecular flexibility index (Phi) is 3.33. The van der Waals surface area contributed by atoms with Gasteiger partial charge in [-0.25, -0.2) is 0 Å². The number of rotatable bonds is 4. The average molecular weight is 212 g/mol. The first kappa shape index (κ1) is 10.8. The van der Waals surface area contributed by atoms with Crippen molar-refractivity contribution in [3.8, 4) is 0 Å². The topological polar surface area (TPSA) is 74.6 Å². The molecule has 0 saturated heterocycles. The third kappa shape index (κ3) is 2.37. The molecule has 0 spiro atoms. The van der Waals surface area contributed by atoms with Gasteiger partial charge in [0.25, 0.3) is 0 Å². The Labute approximate surface area is 82.4 Å². The lowest BCUT2D eigenvalue weighted by Crippen LogP contribution is -2.22. The van der Waals surface area contributed by atoms with Crippen LogP contribution in [0.2, 0.25) is 0 Å². The largest absolute Gasteiger partial charge is 0.481 e. The van der Waals surface area contributed by atoms with E-state index in [0.717, 1.165) is 0 Å². The van der Waals surface area contributed by atoms with Gasteiger partial charge in [-0.3, -0.25) is 9.36 Å². The average Bonchev–Trinajstić information content (AvgIpc) is 2.18. The first-order chi connectivity index (χ1) is 6.58. The molecule has 1 unspecified atom stereocenters. The SMILES string of the molecule is O=PC(O)(CC(=O)O)c1ccccc1. The van der Waals surface area contributed by atoms with Crippen LogP contribution in [-0.4, -0.2) is 16.2 Å². The van der Waals surface area contributed by atoms with E-state index in [4.69, 9.17) is 5.11 Å². The van der Waals surface area contributed by atoms with Crippen LogP contribution in [0.15, 0.2) is 30.3 Å². The Morgan fingerprint density at radius 3 is 2.36 bits per heavy atom. The molecule has 1 aromatic carbocycles. The first-order valence-corrected chi connectivity index (χ1v) is 4.74. The molecule has 0 amide bonds. The van der Waals surface area contributed by atoms with Gasteiger partial charge in [-0.1, -0.05) is 30.3 Å². The van der Waals surface area contributed by atoms with Crippen molar-refractivity contribution >= 4 is 14.4 Å². The van der Waals surface area contributed by atoms with Crippen LogP contribution in [0.1, 0.15) is 12.0 Å². The molecule has 1 rings (SSSR count). The standard InChI is InChI=1S/C9H9O4P/c10-8(11)6-9(12,14-13)7-4-2-1-3-5-7/h1-5,12H,6H2,(H,10,11). The van der Waals surface area contributed by atoms with Gasteiger partial charge in [-0.15, -0.1) is 0 Å². The summed E-state index contributed by atoms with van der Waals surface area (Å²) >= 11 is 0. The van der Waals surface area contributed by atoms with Crippen molar-refractivity contribution in [2.45, 2.75) is 11.8 Å². The number of carbonyl (C=O) groups is 1. The van der Waals surface area contributed by atoms with Gasteiger partial charge in [0, 0.05) is 0 Å². The van der Waals surface area contributed by atoms with Gasteiger partial charge >= 0.3 is 5.97 Å². The summed E-state index contributed by atoms with van der Waals surface area (Å²) in [6, 6.07) is 8.09. The van der Waals surface area contributed by atoms with Gasteiger partial charge in [0.05, 0.1) is 6.42 Å². The fourth-order valence-electron chi connectivity index (χ4n) is 1.10. The number of carboxylic acids is 1. The molecule has 0 heterocycles. The van der Waals surface area contributed by atoms with Crippen LogP contribution in [-0.2, 0) is 14.7 Å². The van der Waals surface area contributed by atoms with Crippen molar-refractivity contribution in [1.82, 2.24) is 0 Å². The summed E-state index contributed by atoms with van der Waals surface area (Å²) in [6.45, 7) is 0. The van der Waals surface area contributed by atoms with Gasteiger partial charge in [0.1, 0.15) is 0 Å². The van der Waals surface area contributed by atoms with Crippen LogP contribution >= 0.6 is 8.46 Å². The maximum Gasteiger partial charge on any atom is 0.307 e. The fourth-order valence-corrected chi connectivity index (χ4v) is 1.56. The number of aliphatic carboxylic acids is 1. The second-order valence-corrected chi connectivity index (χ2v) is 3.77. The van der Waals surface area contributed by atoms with E-state index >= 15 is 0 Å². The third-order valence-electron chi connectivity index (χ3n) is 1.78. The zero-order valence-electron chi connectivity index (χ0n) is 7.25. The summed E-state index contributed by atoms with van der Waals surface area (Å²) in [7, 11) is -0.612. The molecule has 74 valence electrons. The van der Waals surface area contributed by atoms with Crippen molar-refractivity contribution in [3.05, 3.63) is 35.9 Å². The Hall–Kier alpha value is -1.25. The highest BCUT2D eigenvalue weighted by Gasteiger charge is 2.32. The summed E-state index contributed by atoms with van der Waals surface area (Å²) in [5.41, 5.74) is 0.332. The lowest BCUT2D eigenvalue weighted by Gasteiger charge is -2.18. The first-order valence-electron chi connectivity index (χ1n) is 3.93. The highest BCUT2D eigenvalue weighted by molar-refractivity contribution is 7.25. The second kappa shape index (κ2) is 4.31. The van der Waals surface area contributed by atoms with Crippen LogP contribution < -0.4 is 0 Å². The molecule has 1 atom stereocenters. The summed E-state index contributed by atoms with van der Waals surface area (Å²) in [4.78, 5) is 10.4. The molecule has 2 N–H and O–H groups in total. The zero-order valence-corrected chi connectivity index (χ0v) is 8.15. The lowest BCUT2D eigenvalue weighted by atomic mass is 10.1. The molecule has 4 nitrogen and oxygen atoms in total. The van der Waals surface area contributed by atoms with Crippen molar-refractivity contribution in [2.24, 2.45) is 0 Å². The van der Waals surface area contributed by atoms with E-state index in [1.165, 1.54) is 12.1 Å². The molecule has 0 aliphatic rings. The minimum absolute atomic E-state index is 0.332. The predicted molar refractivity (Wildman–Crippen MR) is 50.2 cm³/mol. The second-order valence-electron chi connectivity index (χ2n) is 2.84. The highest BCUT2D eigenvalue weighted by atomic mass is 31.1. The van der Waals surface area contributed by atoms with Crippen molar-refractivity contribution in [1.29, 1.82) is 0 Å². The third-order valence-corrected chi connectivity index (χ3v) is 2.50. The molecule has 0 bridgehead atoms. The van der Waals surface area contributed by atoms with Gasteiger partial charge in [-0.2, -0.15) is 0 Å². The quantitative estimate of drug-likeness (QED) is 0.743. The van der Waals surface area contributed by atoms with E-state index in [1.54, 1.807) is 18.2 Å². The maximum atomic E-state index is 10.7. The van der Waals surface area contributed by atoms with Crippen molar-refractivity contribution in [2.75, 3.05) is 0 Å². The molecule has 14 heavy (non-hydrogen) atoms. The van der Waals surface area contributed by atoms with Gasteiger partial charge < -0.3 is 10.2 Å². The molecule has 5 heteroatoms. The molecule has 0 aliphatic heterocycles. The maximum absolute atomic E-state index is 10.7. The van der Waals surface area contributed by atoms with E-state index in [1.807, 2.05) is 0 Å². The van der Waals surface area contributed by atoms with E-state index in [2.05, 4.69) is 0 Å². The van der Waals surface area contributed by atoms with Crippen molar-refractivity contribution < 1.29 is 19.6 Å². The molecule has 0 saturated carbocycles. The molecule has 0 aromatic heterocycles. The van der Waals surface area contributed by atoms with Crippen LogP contribution in [0, 0.1) is 0 Å². The van der Waals surface area contributed by atoms with E-state index < -0.39 is 26.2 Å². The number of hydrogen-bond donors (Lipinski definition) is 2. The number of carboxylic acid groups (broad SMARTS) is 1. The number of hydrogen-bond acceptors (Lipinski definition) is 3. The van der Waals surface area contributed by atoms with Crippen molar-refractivity contribution in [3.63, 3.8) is 0 Å². The van der Waals surface area contributed by atoms with E-state index in [-0.39, 0.29) is 0 Å². The fraction of sp³-hybridized carbons (Fsp3) is 0.222. The normalized spacial score (nSPS) is 14.9. The Morgan fingerprint density at radius 1 is 1.36 bits per heavy atom. The van der Waals surface area contributed by atoms with Crippen LogP contribution in [0.5, 0.6) is 0 Å². The molecular formula is C9H9O4P.